The minimum Gasteiger partial charge on any atom is -0.345 e. The molecule has 1 unspecified atom stereocenters. The van der Waals surface area contributed by atoms with E-state index in [1.807, 2.05) is 60.9 Å². The summed E-state index contributed by atoms with van der Waals surface area (Å²) >= 11 is 1.71. The minimum absolute atomic E-state index is 0.101. The number of carbonyl (C=O) groups excluding carboxylic acids is 2. The van der Waals surface area contributed by atoms with Crippen molar-refractivity contribution in [3.8, 4) is 0 Å². The highest BCUT2D eigenvalue weighted by Crippen LogP contribution is 2.19. The lowest BCUT2D eigenvalue weighted by molar-refractivity contribution is -0.120. The number of hydrogen-bond acceptors (Lipinski definition) is 4. The normalized spacial score (nSPS) is 11.8. The lowest BCUT2D eigenvalue weighted by Gasteiger charge is -2.16. The molecule has 1 atom stereocenters. The SMILES string of the molecule is CSCCC(NC(=O)CNC(=O)NCc1ccccc1)c1nc2ccccc2[nH]1. The predicted molar refractivity (Wildman–Crippen MR) is 117 cm³/mol. The van der Waals surface area contributed by atoms with Crippen molar-refractivity contribution in [3.63, 3.8) is 0 Å². The third-order valence-electron chi connectivity index (χ3n) is 4.39. The number of fused-ring (bicyclic) bond motifs is 1. The van der Waals surface area contributed by atoms with Crippen LogP contribution < -0.4 is 16.0 Å². The van der Waals surface area contributed by atoms with Crippen molar-refractivity contribution >= 4 is 34.7 Å². The van der Waals surface area contributed by atoms with Crippen molar-refractivity contribution < 1.29 is 9.59 Å². The molecule has 2 aromatic carbocycles. The molecule has 0 fully saturated rings. The number of urea groups is 1. The highest BCUT2D eigenvalue weighted by Gasteiger charge is 2.18. The second-order valence-corrected chi connectivity index (χ2v) is 7.55. The fourth-order valence-electron chi connectivity index (χ4n) is 2.90. The second-order valence-electron chi connectivity index (χ2n) is 6.56. The Balaban J connectivity index is 1.52. The third-order valence-corrected chi connectivity index (χ3v) is 5.03. The number of thioether (sulfide) groups is 1. The maximum Gasteiger partial charge on any atom is 0.315 e. The maximum atomic E-state index is 12.4. The molecule has 7 nitrogen and oxygen atoms in total. The average Bonchev–Trinajstić information content (AvgIpc) is 3.18. The number of amides is 3. The topological polar surface area (TPSA) is 98.9 Å². The van der Waals surface area contributed by atoms with Crippen molar-refractivity contribution in [1.29, 1.82) is 0 Å². The van der Waals surface area contributed by atoms with Gasteiger partial charge in [0, 0.05) is 6.54 Å². The molecule has 152 valence electrons. The first kappa shape index (κ1) is 20.7. The van der Waals surface area contributed by atoms with Crippen molar-refractivity contribution in [2.45, 2.75) is 19.0 Å². The van der Waals surface area contributed by atoms with Crippen molar-refractivity contribution in [2.24, 2.45) is 0 Å². The molecule has 8 heteroatoms. The zero-order chi connectivity index (χ0) is 20.5. The van der Waals surface area contributed by atoms with Crippen LogP contribution in [0.5, 0.6) is 0 Å². The van der Waals surface area contributed by atoms with Gasteiger partial charge < -0.3 is 20.9 Å². The van der Waals surface area contributed by atoms with Gasteiger partial charge in [-0.05, 0) is 36.1 Å². The molecule has 0 aliphatic rings. The van der Waals surface area contributed by atoms with Crippen LogP contribution in [0.15, 0.2) is 54.6 Å². The van der Waals surface area contributed by atoms with Crippen molar-refractivity contribution in [1.82, 2.24) is 25.9 Å². The van der Waals surface area contributed by atoms with Gasteiger partial charge in [0.1, 0.15) is 5.82 Å². The largest absolute Gasteiger partial charge is 0.345 e. The van der Waals surface area contributed by atoms with Gasteiger partial charge in [-0.15, -0.1) is 0 Å². The van der Waals surface area contributed by atoms with Crippen LogP contribution in [0.4, 0.5) is 4.79 Å². The van der Waals surface area contributed by atoms with E-state index >= 15 is 0 Å². The third kappa shape index (κ3) is 6.25. The molecular weight excluding hydrogens is 386 g/mol. The molecule has 0 radical (unpaired) electrons. The first-order valence-electron chi connectivity index (χ1n) is 9.44. The van der Waals surface area contributed by atoms with Crippen LogP contribution in [0.2, 0.25) is 0 Å². The second kappa shape index (κ2) is 10.5. The summed E-state index contributed by atoms with van der Waals surface area (Å²) in [5.74, 6) is 1.35. The number of rotatable bonds is 9. The predicted octanol–water partition coefficient (Wildman–Crippen LogP) is 2.97. The number of nitrogens with zero attached hydrogens (tertiary/aromatic N) is 1. The molecule has 0 aliphatic carbocycles. The van der Waals surface area contributed by atoms with Gasteiger partial charge in [0.2, 0.25) is 5.91 Å². The molecule has 0 saturated heterocycles. The number of nitrogens with one attached hydrogen (secondary N) is 4. The van der Waals surface area contributed by atoms with E-state index in [1.54, 1.807) is 11.8 Å². The lowest BCUT2D eigenvalue weighted by Crippen LogP contribution is -2.43. The Bertz CT molecular complexity index is 911. The first-order valence-corrected chi connectivity index (χ1v) is 10.8. The number of para-hydroxylation sites is 2. The Morgan fingerprint density at radius 1 is 1.07 bits per heavy atom. The molecule has 4 N–H and O–H groups in total. The Labute approximate surface area is 174 Å². The molecule has 0 spiro atoms. The zero-order valence-electron chi connectivity index (χ0n) is 16.3. The van der Waals surface area contributed by atoms with Crippen LogP contribution in [-0.4, -0.2) is 40.5 Å². The van der Waals surface area contributed by atoms with Gasteiger partial charge in [0.25, 0.3) is 0 Å². The first-order chi connectivity index (χ1) is 14.2. The summed E-state index contributed by atoms with van der Waals surface area (Å²) < 4.78 is 0. The van der Waals surface area contributed by atoms with Crippen molar-refractivity contribution in [3.05, 3.63) is 66.0 Å². The van der Waals surface area contributed by atoms with Gasteiger partial charge >= 0.3 is 6.03 Å². The molecule has 0 aliphatic heterocycles. The molecule has 3 aromatic rings. The Kier molecular flexibility index (Phi) is 7.52. The summed E-state index contributed by atoms with van der Waals surface area (Å²) in [5.41, 5.74) is 2.79. The molecule has 29 heavy (non-hydrogen) atoms. The summed E-state index contributed by atoms with van der Waals surface area (Å²) in [5, 5.41) is 8.30. The molecular formula is C21H25N5O2S. The highest BCUT2D eigenvalue weighted by molar-refractivity contribution is 7.98. The standard InChI is InChI=1S/C21H25N5O2S/c1-29-12-11-18(20-25-16-9-5-6-10-17(16)26-20)24-19(27)14-23-21(28)22-13-15-7-3-2-4-8-15/h2-10,18H,11-14H2,1H3,(H,24,27)(H,25,26)(H2,22,23,28). The summed E-state index contributed by atoms with van der Waals surface area (Å²) in [7, 11) is 0. The Hall–Kier alpha value is -3.00. The van der Waals surface area contributed by atoms with Crippen LogP contribution >= 0.6 is 11.8 Å². The Morgan fingerprint density at radius 2 is 1.83 bits per heavy atom. The zero-order valence-corrected chi connectivity index (χ0v) is 17.1. The lowest BCUT2D eigenvalue weighted by atomic mass is 10.2. The van der Waals surface area contributed by atoms with Gasteiger partial charge in [-0.25, -0.2) is 9.78 Å². The summed E-state index contributed by atoms with van der Waals surface area (Å²) in [6.07, 6.45) is 2.77. The van der Waals surface area contributed by atoms with E-state index in [9.17, 15) is 9.59 Å². The van der Waals surface area contributed by atoms with Gasteiger partial charge in [-0.1, -0.05) is 42.5 Å². The van der Waals surface area contributed by atoms with E-state index in [1.165, 1.54) is 0 Å². The number of H-pyrrole nitrogens is 1. The number of aromatic nitrogens is 2. The average molecular weight is 412 g/mol. The smallest absolute Gasteiger partial charge is 0.315 e. The number of hydrogen-bond donors (Lipinski definition) is 4. The molecule has 0 saturated carbocycles. The van der Waals surface area contributed by atoms with Crippen molar-refractivity contribution in [2.75, 3.05) is 18.6 Å². The fourth-order valence-corrected chi connectivity index (χ4v) is 3.37. The summed E-state index contributed by atoms with van der Waals surface area (Å²) in [6, 6.07) is 16.7. The van der Waals surface area contributed by atoms with E-state index in [4.69, 9.17) is 0 Å². The Morgan fingerprint density at radius 3 is 2.59 bits per heavy atom. The van der Waals surface area contributed by atoms with Crippen LogP contribution in [0.25, 0.3) is 11.0 Å². The van der Waals surface area contributed by atoms with E-state index in [2.05, 4.69) is 25.9 Å². The summed E-state index contributed by atoms with van der Waals surface area (Å²) in [6.45, 7) is 0.306. The number of imidazole rings is 1. The minimum atomic E-state index is -0.381. The van der Waals surface area contributed by atoms with Gasteiger partial charge in [0.05, 0.1) is 23.6 Å². The number of aromatic amines is 1. The van der Waals surface area contributed by atoms with Crippen LogP contribution in [0, 0.1) is 0 Å². The molecule has 1 aromatic heterocycles. The highest BCUT2D eigenvalue weighted by atomic mass is 32.2. The van der Waals surface area contributed by atoms with Crippen LogP contribution in [0.1, 0.15) is 23.9 Å². The van der Waals surface area contributed by atoms with Gasteiger partial charge in [0.15, 0.2) is 0 Å². The molecule has 1 heterocycles. The quantitative estimate of drug-likeness (QED) is 0.435. The van der Waals surface area contributed by atoms with E-state index in [-0.39, 0.29) is 24.5 Å². The monoisotopic (exact) mass is 411 g/mol. The van der Waals surface area contributed by atoms with Crippen LogP contribution in [0.3, 0.4) is 0 Å². The molecule has 0 bridgehead atoms. The fraction of sp³-hybridized carbons (Fsp3) is 0.286. The van der Waals surface area contributed by atoms with Gasteiger partial charge in [-0.3, -0.25) is 4.79 Å². The summed E-state index contributed by atoms with van der Waals surface area (Å²) in [4.78, 5) is 32.2. The molecule has 3 amide bonds. The molecule has 3 rings (SSSR count). The van der Waals surface area contributed by atoms with Crippen LogP contribution in [-0.2, 0) is 11.3 Å². The van der Waals surface area contributed by atoms with E-state index < -0.39 is 0 Å². The van der Waals surface area contributed by atoms with Gasteiger partial charge in [-0.2, -0.15) is 11.8 Å². The number of benzene rings is 2. The maximum absolute atomic E-state index is 12.4. The van der Waals surface area contributed by atoms with E-state index in [0.717, 1.165) is 34.6 Å². The van der Waals surface area contributed by atoms with E-state index in [0.29, 0.717) is 6.54 Å². The number of carbonyl (C=O) groups is 2.